The predicted octanol–water partition coefficient (Wildman–Crippen LogP) is 4.13. The molecule has 0 saturated carbocycles. The summed E-state index contributed by atoms with van der Waals surface area (Å²) in [7, 11) is 0. The van der Waals surface area contributed by atoms with Crippen LogP contribution in [-0.4, -0.2) is 13.1 Å². The number of nitrogens with two attached hydrogens (primary N) is 1. The van der Waals surface area contributed by atoms with E-state index in [9.17, 15) is 15.8 Å². The Hall–Kier alpha value is -3.23. The fourth-order valence-corrected chi connectivity index (χ4v) is 4.73. The smallest absolute Gasteiger partial charge is 0.191 e. The van der Waals surface area contributed by atoms with Gasteiger partial charge in [-0.15, -0.1) is 0 Å². The molecule has 0 radical (unpaired) electrons. The summed E-state index contributed by atoms with van der Waals surface area (Å²) in [5, 5.41) is 29.8. The topological polar surface area (TPSA) is 101 Å². The van der Waals surface area contributed by atoms with E-state index < -0.39 is 5.41 Å². The molecule has 0 amide bonds. The van der Waals surface area contributed by atoms with E-state index in [2.05, 4.69) is 43.0 Å². The molecule has 2 aliphatic carbocycles. The van der Waals surface area contributed by atoms with Crippen LogP contribution in [0, 0.1) is 45.3 Å². The number of nitrogens with zero attached hydrogens (tertiary/aromatic N) is 4. The van der Waals surface area contributed by atoms with E-state index in [0.717, 1.165) is 49.2 Å². The number of hydrogen-bond donors (Lipinski definition) is 1. The fourth-order valence-electron chi connectivity index (χ4n) is 4.73. The van der Waals surface area contributed by atoms with Crippen LogP contribution in [0.5, 0.6) is 0 Å². The van der Waals surface area contributed by atoms with Gasteiger partial charge < -0.3 is 10.6 Å². The molecule has 5 heteroatoms. The highest BCUT2D eigenvalue weighted by molar-refractivity contribution is 5.60. The molecule has 5 nitrogen and oxygen atoms in total. The van der Waals surface area contributed by atoms with E-state index in [4.69, 9.17) is 5.73 Å². The van der Waals surface area contributed by atoms with E-state index in [1.165, 1.54) is 0 Å². The molecule has 0 bridgehead atoms. The van der Waals surface area contributed by atoms with Crippen molar-refractivity contribution in [1.82, 2.24) is 0 Å². The molecule has 0 saturated heterocycles. The molecule has 142 valence electrons. The quantitative estimate of drug-likeness (QED) is 0.857. The Labute approximate surface area is 167 Å². The molecule has 3 rings (SSSR count). The summed E-state index contributed by atoms with van der Waals surface area (Å²) in [5.74, 6) is -0.425. The van der Waals surface area contributed by atoms with Crippen LogP contribution in [0.15, 0.2) is 47.2 Å². The molecule has 2 N–H and O–H groups in total. The van der Waals surface area contributed by atoms with E-state index in [0.29, 0.717) is 5.57 Å². The van der Waals surface area contributed by atoms with Crippen LogP contribution >= 0.6 is 0 Å². The maximum absolute atomic E-state index is 10.0. The van der Waals surface area contributed by atoms with Gasteiger partial charge in [0.25, 0.3) is 0 Å². The zero-order valence-corrected chi connectivity index (χ0v) is 16.4. The average Bonchev–Trinajstić information content (AvgIpc) is 2.74. The Balaban J connectivity index is 2.18. The maximum Gasteiger partial charge on any atom is 0.191 e. The van der Waals surface area contributed by atoms with Crippen molar-refractivity contribution in [3.05, 3.63) is 52.7 Å². The first-order valence-corrected chi connectivity index (χ1v) is 9.86. The largest absolute Gasteiger partial charge is 0.399 e. The Bertz CT molecular complexity index is 915. The molecule has 2 aliphatic rings. The lowest BCUT2D eigenvalue weighted by Gasteiger charge is -2.43. The molecule has 0 fully saturated rings. The van der Waals surface area contributed by atoms with Crippen LogP contribution in [0.4, 0.5) is 5.69 Å². The highest BCUT2D eigenvalue weighted by Crippen LogP contribution is 2.55. The lowest BCUT2D eigenvalue weighted by molar-refractivity contribution is 0.317. The Kier molecular flexibility index (Phi) is 5.43. The van der Waals surface area contributed by atoms with Crippen molar-refractivity contribution in [1.29, 1.82) is 15.8 Å². The SMILES string of the molecule is CCN(CC)c1ccc([C@H]2[C@H]3CCCC=C3C(C#N)=C(N)C2(C#N)C#N)cc1. The number of rotatable bonds is 4. The van der Waals surface area contributed by atoms with E-state index in [1.807, 2.05) is 24.3 Å². The Morgan fingerprint density at radius 1 is 1.11 bits per heavy atom. The van der Waals surface area contributed by atoms with Gasteiger partial charge in [0.1, 0.15) is 6.07 Å². The third kappa shape index (κ3) is 2.83. The van der Waals surface area contributed by atoms with Crippen molar-refractivity contribution >= 4 is 5.69 Å². The standard InChI is InChI=1S/C23H25N5/c1-3-28(4-2)17-11-9-16(10-12-17)21-19-8-6-5-7-18(19)20(13-24)22(27)23(21,14-25)15-26/h7,9-12,19,21H,3-6,8,27H2,1-2H3/t19-,21-/m0/s1. The number of fused-ring (bicyclic) bond motifs is 1. The number of benzene rings is 1. The minimum atomic E-state index is -1.53. The van der Waals surface area contributed by atoms with Gasteiger partial charge in [0.2, 0.25) is 0 Å². The number of hydrogen-bond acceptors (Lipinski definition) is 5. The normalized spacial score (nSPS) is 22.9. The first-order valence-electron chi connectivity index (χ1n) is 9.86. The molecular weight excluding hydrogens is 346 g/mol. The molecule has 0 heterocycles. The minimum absolute atomic E-state index is 0.0469. The van der Waals surface area contributed by atoms with Crippen LogP contribution < -0.4 is 10.6 Å². The summed E-state index contributed by atoms with van der Waals surface area (Å²) in [6, 6.07) is 14.7. The zero-order valence-electron chi connectivity index (χ0n) is 16.4. The van der Waals surface area contributed by atoms with Gasteiger partial charge in [0, 0.05) is 24.7 Å². The van der Waals surface area contributed by atoms with Crippen molar-refractivity contribution in [3.63, 3.8) is 0 Å². The summed E-state index contributed by atoms with van der Waals surface area (Å²) in [4.78, 5) is 2.25. The minimum Gasteiger partial charge on any atom is -0.399 e. The summed E-state index contributed by atoms with van der Waals surface area (Å²) >= 11 is 0. The highest BCUT2D eigenvalue weighted by Gasteiger charge is 2.53. The third-order valence-corrected chi connectivity index (χ3v) is 6.18. The maximum atomic E-state index is 10.0. The first kappa shape index (κ1) is 19.5. The second-order valence-electron chi connectivity index (χ2n) is 7.37. The van der Waals surface area contributed by atoms with Crippen LogP contribution in [-0.2, 0) is 0 Å². The van der Waals surface area contributed by atoms with Gasteiger partial charge in [0.15, 0.2) is 5.41 Å². The van der Waals surface area contributed by atoms with Crippen molar-refractivity contribution in [2.24, 2.45) is 17.1 Å². The molecule has 28 heavy (non-hydrogen) atoms. The number of anilines is 1. The summed E-state index contributed by atoms with van der Waals surface area (Å²) in [5.41, 5.74) is 8.15. The van der Waals surface area contributed by atoms with Crippen molar-refractivity contribution in [2.75, 3.05) is 18.0 Å². The monoisotopic (exact) mass is 371 g/mol. The average molecular weight is 371 g/mol. The predicted molar refractivity (Wildman–Crippen MR) is 109 cm³/mol. The Morgan fingerprint density at radius 3 is 2.29 bits per heavy atom. The molecule has 2 atom stereocenters. The van der Waals surface area contributed by atoms with Gasteiger partial charge in [0.05, 0.1) is 23.4 Å². The number of nitriles is 3. The fraction of sp³-hybridized carbons (Fsp3) is 0.435. The summed E-state index contributed by atoms with van der Waals surface area (Å²) < 4.78 is 0. The summed E-state index contributed by atoms with van der Waals surface area (Å²) in [6.07, 6.45) is 4.78. The van der Waals surface area contributed by atoms with Crippen LogP contribution in [0.25, 0.3) is 0 Å². The van der Waals surface area contributed by atoms with Crippen molar-refractivity contribution in [3.8, 4) is 18.2 Å². The van der Waals surface area contributed by atoms with Gasteiger partial charge in [-0.2, -0.15) is 15.8 Å². The highest BCUT2D eigenvalue weighted by atomic mass is 15.1. The van der Waals surface area contributed by atoms with Crippen molar-refractivity contribution < 1.29 is 0 Å². The third-order valence-electron chi connectivity index (χ3n) is 6.18. The van der Waals surface area contributed by atoms with Crippen LogP contribution in [0.3, 0.4) is 0 Å². The Morgan fingerprint density at radius 2 is 1.75 bits per heavy atom. The van der Waals surface area contributed by atoms with E-state index in [-0.39, 0.29) is 17.5 Å². The first-order chi connectivity index (χ1) is 13.6. The lowest BCUT2D eigenvalue weighted by Crippen LogP contribution is -2.42. The van der Waals surface area contributed by atoms with Gasteiger partial charge >= 0.3 is 0 Å². The molecule has 0 aliphatic heterocycles. The molecule has 1 aromatic rings. The summed E-state index contributed by atoms with van der Waals surface area (Å²) in [6.45, 7) is 6.05. The van der Waals surface area contributed by atoms with Gasteiger partial charge in [-0.05, 0) is 62.3 Å². The molecule has 0 spiro atoms. The lowest BCUT2D eigenvalue weighted by atomic mass is 9.57. The van der Waals surface area contributed by atoms with E-state index >= 15 is 0 Å². The molecular formula is C23H25N5. The van der Waals surface area contributed by atoms with Crippen LogP contribution in [0.2, 0.25) is 0 Å². The second kappa shape index (κ2) is 7.79. The van der Waals surface area contributed by atoms with Gasteiger partial charge in [-0.3, -0.25) is 0 Å². The van der Waals surface area contributed by atoms with Crippen LogP contribution in [0.1, 0.15) is 44.6 Å². The molecule has 0 unspecified atom stereocenters. The molecule has 1 aromatic carbocycles. The van der Waals surface area contributed by atoms with E-state index in [1.54, 1.807) is 0 Å². The zero-order chi connectivity index (χ0) is 20.3. The van der Waals surface area contributed by atoms with Crippen molar-refractivity contribution in [2.45, 2.75) is 39.0 Å². The van der Waals surface area contributed by atoms with Gasteiger partial charge in [-0.1, -0.05) is 18.2 Å². The number of allylic oxidation sites excluding steroid dienone is 4. The second-order valence-corrected chi connectivity index (χ2v) is 7.37. The molecule has 0 aromatic heterocycles. The van der Waals surface area contributed by atoms with Gasteiger partial charge in [-0.25, -0.2) is 0 Å².